The molecule has 0 spiro atoms. The molecule has 2 N–H and O–H groups in total. The highest BCUT2D eigenvalue weighted by Crippen LogP contribution is 2.49. The third kappa shape index (κ3) is 2.39. The number of benzene rings is 1. The largest absolute Gasteiger partial charge is 0.342 e. The van der Waals surface area contributed by atoms with Crippen molar-refractivity contribution in [3.8, 4) is 0 Å². The van der Waals surface area contributed by atoms with Crippen LogP contribution in [-0.2, 0) is 4.79 Å². The van der Waals surface area contributed by atoms with Gasteiger partial charge in [-0.05, 0) is 49.3 Å². The Bertz CT molecular complexity index is 485. The van der Waals surface area contributed by atoms with Crippen LogP contribution in [0, 0.1) is 18.8 Å². The van der Waals surface area contributed by atoms with Crippen molar-refractivity contribution in [2.75, 3.05) is 19.6 Å². The number of carbonyl (C=O) groups excluding carboxylic acids is 1. The molecular weight excluding hydrogens is 236 g/mol. The molecule has 0 aromatic heterocycles. The number of nitrogens with zero attached hydrogens (tertiary/aromatic N) is 1. The van der Waals surface area contributed by atoms with Crippen LogP contribution in [0.1, 0.15) is 29.9 Å². The Morgan fingerprint density at radius 1 is 1.42 bits per heavy atom. The molecule has 1 aliphatic carbocycles. The first-order valence-electron chi connectivity index (χ1n) is 7.25. The second-order valence-corrected chi connectivity index (χ2v) is 5.98. The summed E-state index contributed by atoms with van der Waals surface area (Å²) < 4.78 is 0. The van der Waals surface area contributed by atoms with Crippen molar-refractivity contribution in [1.82, 2.24) is 4.90 Å². The van der Waals surface area contributed by atoms with E-state index >= 15 is 0 Å². The van der Waals surface area contributed by atoms with Gasteiger partial charge in [0, 0.05) is 19.0 Å². The minimum atomic E-state index is 0.220. The lowest BCUT2D eigenvalue weighted by atomic mass is 10.0. The van der Waals surface area contributed by atoms with Gasteiger partial charge in [-0.3, -0.25) is 4.79 Å². The lowest BCUT2D eigenvalue weighted by Crippen LogP contribution is -2.31. The van der Waals surface area contributed by atoms with Crippen molar-refractivity contribution in [1.29, 1.82) is 0 Å². The Balaban J connectivity index is 1.64. The van der Waals surface area contributed by atoms with Gasteiger partial charge in [0.1, 0.15) is 0 Å². The predicted molar refractivity (Wildman–Crippen MR) is 75.8 cm³/mol. The third-order valence-electron chi connectivity index (χ3n) is 4.63. The summed E-state index contributed by atoms with van der Waals surface area (Å²) in [5.41, 5.74) is 8.35. The second kappa shape index (κ2) is 4.97. The average molecular weight is 258 g/mol. The highest BCUT2D eigenvalue weighted by atomic mass is 16.2. The highest BCUT2D eigenvalue weighted by Gasteiger charge is 2.47. The molecule has 2 aliphatic rings. The summed E-state index contributed by atoms with van der Waals surface area (Å²) in [6, 6.07) is 8.43. The monoisotopic (exact) mass is 258 g/mol. The van der Waals surface area contributed by atoms with Crippen LogP contribution in [0.2, 0.25) is 0 Å². The van der Waals surface area contributed by atoms with Crippen LogP contribution in [-0.4, -0.2) is 30.4 Å². The molecule has 1 saturated heterocycles. The first-order chi connectivity index (χ1) is 9.20. The zero-order valence-electron chi connectivity index (χ0n) is 11.5. The van der Waals surface area contributed by atoms with Crippen molar-refractivity contribution >= 4 is 5.91 Å². The van der Waals surface area contributed by atoms with Crippen LogP contribution in [0.5, 0.6) is 0 Å². The number of hydrogen-bond donors (Lipinski definition) is 1. The minimum absolute atomic E-state index is 0.220. The topological polar surface area (TPSA) is 46.3 Å². The number of amides is 1. The smallest absolute Gasteiger partial charge is 0.226 e. The number of rotatable bonds is 3. The number of likely N-dealkylation sites (tertiary alicyclic amines) is 1. The van der Waals surface area contributed by atoms with Crippen LogP contribution in [0.4, 0.5) is 0 Å². The van der Waals surface area contributed by atoms with Crippen molar-refractivity contribution in [3.05, 3.63) is 35.4 Å². The molecule has 3 rings (SSSR count). The molecule has 19 heavy (non-hydrogen) atoms. The zero-order valence-corrected chi connectivity index (χ0v) is 11.5. The fourth-order valence-corrected chi connectivity index (χ4v) is 3.27. The van der Waals surface area contributed by atoms with E-state index in [2.05, 4.69) is 31.2 Å². The Labute approximate surface area is 114 Å². The fraction of sp³-hybridized carbons (Fsp3) is 0.562. The maximum absolute atomic E-state index is 12.4. The van der Waals surface area contributed by atoms with E-state index < -0.39 is 0 Å². The Morgan fingerprint density at radius 2 is 2.21 bits per heavy atom. The van der Waals surface area contributed by atoms with E-state index in [9.17, 15) is 4.79 Å². The molecule has 1 aromatic rings. The van der Waals surface area contributed by atoms with Crippen LogP contribution in [0.15, 0.2) is 24.3 Å². The van der Waals surface area contributed by atoms with E-state index in [4.69, 9.17) is 5.73 Å². The van der Waals surface area contributed by atoms with E-state index in [1.165, 1.54) is 11.1 Å². The lowest BCUT2D eigenvalue weighted by Gasteiger charge is -2.16. The van der Waals surface area contributed by atoms with Gasteiger partial charge in [0.15, 0.2) is 0 Å². The van der Waals surface area contributed by atoms with Gasteiger partial charge in [-0.1, -0.05) is 24.3 Å². The summed E-state index contributed by atoms with van der Waals surface area (Å²) >= 11 is 0. The van der Waals surface area contributed by atoms with Crippen LogP contribution in [0.25, 0.3) is 0 Å². The fourth-order valence-electron chi connectivity index (χ4n) is 3.27. The molecule has 2 fully saturated rings. The van der Waals surface area contributed by atoms with Gasteiger partial charge in [0.2, 0.25) is 5.91 Å². The van der Waals surface area contributed by atoms with E-state index in [1.807, 2.05) is 4.90 Å². The zero-order chi connectivity index (χ0) is 13.4. The molecular formula is C16H22N2O. The molecule has 102 valence electrons. The van der Waals surface area contributed by atoms with Gasteiger partial charge in [0.25, 0.3) is 0 Å². The summed E-state index contributed by atoms with van der Waals surface area (Å²) in [5.74, 6) is 1.53. The Morgan fingerprint density at radius 3 is 2.89 bits per heavy atom. The van der Waals surface area contributed by atoms with Gasteiger partial charge in [-0.25, -0.2) is 0 Å². The predicted octanol–water partition coefficient (Wildman–Crippen LogP) is 1.91. The number of carbonyl (C=O) groups is 1. The first-order valence-corrected chi connectivity index (χ1v) is 7.25. The van der Waals surface area contributed by atoms with Gasteiger partial charge in [-0.2, -0.15) is 0 Å². The van der Waals surface area contributed by atoms with Crippen molar-refractivity contribution in [3.63, 3.8) is 0 Å². The molecule has 3 heteroatoms. The highest BCUT2D eigenvalue weighted by molar-refractivity contribution is 5.83. The van der Waals surface area contributed by atoms with E-state index in [-0.39, 0.29) is 5.92 Å². The summed E-state index contributed by atoms with van der Waals surface area (Å²) in [4.78, 5) is 14.5. The van der Waals surface area contributed by atoms with Gasteiger partial charge in [0.05, 0.1) is 0 Å². The molecule has 1 aliphatic heterocycles. The Kier molecular flexibility index (Phi) is 3.31. The second-order valence-electron chi connectivity index (χ2n) is 5.98. The molecule has 0 radical (unpaired) electrons. The van der Waals surface area contributed by atoms with Crippen LogP contribution in [0.3, 0.4) is 0 Å². The molecule has 0 unspecified atom stereocenters. The Hall–Kier alpha value is -1.35. The van der Waals surface area contributed by atoms with Crippen molar-refractivity contribution in [2.24, 2.45) is 17.6 Å². The SMILES string of the molecule is Cc1ccccc1[C@@H]1C[C@@H]1C(=O)N1CC[C@H](CN)C1. The quantitative estimate of drug-likeness (QED) is 0.900. The molecule has 0 bridgehead atoms. The average Bonchev–Trinajstić information content (AvgIpc) is 3.07. The standard InChI is InChI=1S/C16H22N2O/c1-11-4-2-3-5-13(11)14-8-15(14)16(19)18-7-6-12(9-17)10-18/h2-5,12,14-15H,6-10,17H2,1H3/t12-,14+,15+/m1/s1. The number of aryl methyl sites for hydroxylation is 1. The number of nitrogens with two attached hydrogens (primary N) is 1. The van der Waals surface area contributed by atoms with Crippen LogP contribution < -0.4 is 5.73 Å². The summed E-state index contributed by atoms with van der Waals surface area (Å²) in [5, 5.41) is 0. The minimum Gasteiger partial charge on any atom is -0.342 e. The van der Waals surface area contributed by atoms with E-state index in [0.29, 0.717) is 24.3 Å². The molecule has 3 nitrogen and oxygen atoms in total. The first kappa shape index (κ1) is 12.7. The molecule has 1 saturated carbocycles. The third-order valence-corrected chi connectivity index (χ3v) is 4.63. The van der Waals surface area contributed by atoms with Crippen molar-refractivity contribution in [2.45, 2.75) is 25.7 Å². The number of hydrogen-bond acceptors (Lipinski definition) is 2. The van der Waals surface area contributed by atoms with Gasteiger partial charge < -0.3 is 10.6 Å². The maximum atomic E-state index is 12.4. The van der Waals surface area contributed by atoms with Crippen molar-refractivity contribution < 1.29 is 4.79 Å². The van der Waals surface area contributed by atoms with E-state index in [0.717, 1.165) is 25.9 Å². The van der Waals surface area contributed by atoms with E-state index in [1.54, 1.807) is 0 Å². The molecule has 3 atom stereocenters. The van der Waals surface area contributed by atoms with Gasteiger partial charge >= 0.3 is 0 Å². The molecule has 1 heterocycles. The lowest BCUT2D eigenvalue weighted by molar-refractivity contribution is -0.131. The van der Waals surface area contributed by atoms with Crippen LogP contribution >= 0.6 is 0 Å². The summed E-state index contributed by atoms with van der Waals surface area (Å²) in [6.45, 7) is 4.61. The molecule has 1 aromatic carbocycles. The maximum Gasteiger partial charge on any atom is 0.226 e. The molecule has 1 amide bonds. The normalized spacial score (nSPS) is 29.6. The van der Waals surface area contributed by atoms with Gasteiger partial charge in [-0.15, -0.1) is 0 Å². The summed E-state index contributed by atoms with van der Waals surface area (Å²) in [7, 11) is 0. The summed E-state index contributed by atoms with van der Waals surface area (Å²) in [6.07, 6.45) is 2.09.